The molecule has 102 valence electrons. The number of hydrogen-bond donors (Lipinski definition) is 2. The first kappa shape index (κ1) is 12.5. The summed E-state index contributed by atoms with van der Waals surface area (Å²) in [5.74, 6) is 4.41. The van der Waals surface area contributed by atoms with Crippen molar-refractivity contribution in [3.8, 4) is 0 Å². The third-order valence-electron chi connectivity index (χ3n) is 5.65. The average molecular weight is 250 g/mol. The molecule has 3 N–H and O–H groups in total. The summed E-state index contributed by atoms with van der Waals surface area (Å²) in [6.45, 7) is 4.99. The highest BCUT2D eigenvalue weighted by atomic mass is 16.2. The lowest BCUT2D eigenvalue weighted by molar-refractivity contribution is -0.124. The Labute approximate surface area is 110 Å². The fourth-order valence-electron chi connectivity index (χ4n) is 4.71. The second-order valence-corrected chi connectivity index (χ2v) is 6.95. The van der Waals surface area contributed by atoms with Gasteiger partial charge in [-0.1, -0.05) is 13.8 Å². The molecule has 0 aromatic carbocycles. The van der Waals surface area contributed by atoms with E-state index in [1.54, 1.807) is 0 Å². The number of carbonyl (C=O) groups is 1. The van der Waals surface area contributed by atoms with Crippen molar-refractivity contribution in [2.24, 2.45) is 41.2 Å². The summed E-state index contributed by atoms with van der Waals surface area (Å²) < 4.78 is 0. The Kier molecular flexibility index (Phi) is 3.13. The number of carbonyl (C=O) groups excluding carboxylic acids is 1. The van der Waals surface area contributed by atoms with Gasteiger partial charge in [0.15, 0.2) is 0 Å². The van der Waals surface area contributed by atoms with E-state index in [0.717, 1.165) is 30.1 Å². The van der Waals surface area contributed by atoms with Crippen LogP contribution in [0.5, 0.6) is 0 Å². The highest BCUT2D eigenvalue weighted by Gasteiger charge is 2.67. The van der Waals surface area contributed by atoms with Crippen molar-refractivity contribution in [3.63, 3.8) is 0 Å². The molecule has 1 amide bonds. The molecule has 0 radical (unpaired) electrons. The van der Waals surface area contributed by atoms with Gasteiger partial charge in [-0.25, -0.2) is 0 Å². The molecule has 3 aliphatic carbocycles. The Morgan fingerprint density at radius 2 is 1.89 bits per heavy atom. The average Bonchev–Trinajstić information content (AvgIpc) is 2.78. The second kappa shape index (κ2) is 4.52. The molecular weight excluding hydrogens is 224 g/mol. The molecule has 0 aliphatic heterocycles. The van der Waals surface area contributed by atoms with Gasteiger partial charge in [0.1, 0.15) is 0 Å². The Bertz CT molecular complexity index is 325. The van der Waals surface area contributed by atoms with E-state index in [2.05, 4.69) is 19.2 Å². The molecule has 0 spiro atoms. The normalized spacial score (nSPS) is 41.9. The fourth-order valence-corrected chi connectivity index (χ4v) is 4.71. The maximum Gasteiger partial charge on any atom is 0.223 e. The summed E-state index contributed by atoms with van der Waals surface area (Å²) in [6.07, 6.45) is 5.08. The zero-order valence-corrected chi connectivity index (χ0v) is 11.6. The van der Waals surface area contributed by atoms with E-state index in [4.69, 9.17) is 5.73 Å². The van der Waals surface area contributed by atoms with Crippen LogP contribution in [0, 0.1) is 35.5 Å². The van der Waals surface area contributed by atoms with Crippen molar-refractivity contribution < 1.29 is 4.79 Å². The first-order valence-corrected chi connectivity index (χ1v) is 7.64. The lowest BCUT2D eigenvalue weighted by Gasteiger charge is -2.22. The van der Waals surface area contributed by atoms with Crippen molar-refractivity contribution in [3.05, 3.63) is 0 Å². The van der Waals surface area contributed by atoms with E-state index in [1.165, 1.54) is 19.3 Å². The Hall–Kier alpha value is -0.570. The molecule has 2 bridgehead atoms. The number of nitrogens with two attached hydrogens (primary N) is 1. The van der Waals surface area contributed by atoms with Crippen molar-refractivity contribution >= 4 is 5.91 Å². The number of hydrogen-bond acceptors (Lipinski definition) is 2. The quantitative estimate of drug-likeness (QED) is 0.781. The highest BCUT2D eigenvalue weighted by Crippen LogP contribution is 2.69. The van der Waals surface area contributed by atoms with Crippen LogP contribution in [-0.4, -0.2) is 18.5 Å². The maximum atomic E-state index is 12.4. The number of fused-ring (bicyclic) bond motifs is 5. The van der Waals surface area contributed by atoms with Crippen LogP contribution in [0.3, 0.4) is 0 Å². The minimum Gasteiger partial charge on any atom is -0.353 e. The molecule has 5 unspecified atom stereocenters. The molecule has 5 atom stereocenters. The lowest BCUT2D eigenvalue weighted by Crippen LogP contribution is -2.41. The lowest BCUT2D eigenvalue weighted by atomic mass is 9.98. The van der Waals surface area contributed by atoms with E-state index in [0.29, 0.717) is 24.3 Å². The summed E-state index contributed by atoms with van der Waals surface area (Å²) in [4.78, 5) is 12.4. The SMILES string of the molecule is CC(C)C(CCN)NC(=O)C1C2C3CCC(C3)C12. The fraction of sp³-hybridized carbons (Fsp3) is 0.933. The molecule has 3 aliphatic rings. The van der Waals surface area contributed by atoms with Crippen molar-refractivity contribution in [1.82, 2.24) is 5.32 Å². The van der Waals surface area contributed by atoms with E-state index >= 15 is 0 Å². The zero-order chi connectivity index (χ0) is 12.9. The van der Waals surface area contributed by atoms with E-state index in [-0.39, 0.29) is 6.04 Å². The molecule has 0 aromatic heterocycles. The van der Waals surface area contributed by atoms with Gasteiger partial charge < -0.3 is 11.1 Å². The Morgan fingerprint density at radius 3 is 2.39 bits per heavy atom. The topological polar surface area (TPSA) is 55.1 Å². The van der Waals surface area contributed by atoms with Gasteiger partial charge in [-0.05, 0) is 61.8 Å². The first-order valence-electron chi connectivity index (χ1n) is 7.64. The third kappa shape index (κ3) is 1.87. The Balaban J connectivity index is 1.57. The number of amides is 1. The minimum atomic E-state index is 0.265. The molecule has 0 heterocycles. The molecule has 3 heteroatoms. The summed E-state index contributed by atoms with van der Waals surface area (Å²) in [5.41, 5.74) is 5.63. The van der Waals surface area contributed by atoms with Crippen LogP contribution >= 0.6 is 0 Å². The summed E-state index contributed by atoms with van der Waals surface area (Å²) in [7, 11) is 0. The van der Waals surface area contributed by atoms with Gasteiger partial charge in [-0.2, -0.15) is 0 Å². The van der Waals surface area contributed by atoms with E-state index < -0.39 is 0 Å². The van der Waals surface area contributed by atoms with Crippen molar-refractivity contribution in [1.29, 1.82) is 0 Å². The van der Waals surface area contributed by atoms with Gasteiger partial charge in [0.2, 0.25) is 5.91 Å². The predicted molar refractivity (Wildman–Crippen MR) is 71.7 cm³/mol. The molecule has 3 nitrogen and oxygen atoms in total. The standard InChI is InChI=1S/C15H26N2O/c1-8(2)11(5-6-16)17-15(18)14-12-9-3-4-10(7-9)13(12)14/h8-14H,3-7,16H2,1-2H3,(H,17,18). The highest BCUT2D eigenvalue weighted by molar-refractivity contribution is 5.83. The largest absolute Gasteiger partial charge is 0.353 e. The molecular formula is C15H26N2O. The van der Waals surface area contributed by atoms with Crippen LogP contribution in [0.1, 0.15) is 39.5 Å². The van der Waals surface area contributed by atoms with Crippen LogP contribution in [0.2, 0.25) is 0 Å². The maximum absolute atomic E-state index is 12.4. The Morgan fingerprint density at radius 1 is 1.28 bits per heavy atom. The predicted octanol–water partition coefficient (Wildman–Crippen LogP) is 1.77. The second-order valence-electron chi connectivity index (χ2n) is 6.95. The summed E-state index contributed by atoms with van der Waals surface area (Å²) in [6, 6.07) is 0.265. The van der Waals surface area contributed by atoms with Crippen LogP contribution in [-0.2, 0) is 4.79 Å². The molecule has 0 saturated heterocycles. The van der Waals surface area contributed by atoms with Gasteiger partial charge in [-0.15, -0.1) is 0 Å². The number of rotatable bonds is 5. The van der Waals surface area contributed by atoms with Crippen LogP contribution in [0.15, 0.2) is 0 Å². The summed E-state index contributed by atoms with van der Waals surface area (Å²) >= 11 is 0. The van der Waals surface area contributed by atoms with Crippen molar-refractivity contribution in [2.45, 2.75) is 45.6 Å². The van der Waals surface area contributed by atoms with Crippen LogP contribution in [0.4, 0.5) is 0 Å². The molecule has 18 heavy (non-hydrogen) atoms. The smallest absolute Gasteiger partial charge is 0.223 e. The van der Waals surface area contributed by atoms with Crippen molar-refractivity contribution in [2.75, 3.05) is 6.54 Å². The first-order chi connectivity index (χ1) is 8.63. The number of nitrogens with one attached hydrogen (secondary N) is 1. The van der Waals surface area contributed by atoms with Gasteiger partial charge in [0.25, 0.3) is 0 Å². The monoisotopic (exact) mass is 250 g/mol. The van der Waals surface area contributed by atoms with Crippen LogP contribution < -0.4 is 11.1 Å². The van der Waals surface area contributed by atoms with Gasteiger partial charge in [0, 0.05) is 12.0 Å². The molecule has 3 rings (SSSR count). The zero-order valence-electron chi connectivity index (χ0n) is 11.6. The van der Waals surface area contributed by atoms with E-state index in [9.17, 15) is 4.79 Å². The van der Waals surface area contributed by atoms with E-state index in [1.807, 2.05) is 0 Å². The van der Waals surface area contributed by atoms with Crippen LogP contribution in [0.25, 0.3) is 0 Å². The van der Waals surface area contributed by atoms with Gasteiger partial charge in [-0.3, -0.25) is 4.79 Å². The molecule has 3 fully saturated rings. The summed E-state index contributed by atoms with van der Waals surface area (Å²) in [5, 5.41) is 3.26. The third-order valence-corrected chi connectivity index (χ3v) is 5.65. The molecule has 3 saturated carbocycles. The molecule has 0 aromatic rings. The minimum absolute atomic E-state index is 0.265. The van der Waals surface area contributed by atoms with Gasteiger partial charge >= 0.3 is 0 Å². The van der Waals surface area contributed by atoms with Gasteiger partial charge in [0.05, 0.1) is 0 Å².